The Labute approximate surface area is 464 Å². The Kier molecular flexibility index (Phi) is 28.2. The number of benzene rings is 6. The van der Waals surface area contributed by atoms with Gasteiger partial charge in [0, 0.05) is 15.9 Å². The number of hydrogen-bond acceptors (Lipinski definition) is 12. The molecule has 0 saturated carbocycles. The van der Waals surface area contributed by atoms with Crippen LogP contribution in [0.1, 0.15) is 71.8 Å². The topological polar surface area (TPSA) is 164 Å². The normalized spacial score (nSPS) is 11.5. The smallest absolute Gasteiger partial charge is 0.171 e. The van der Waals surface area contributed by atoms with E-state index in [9.17, 15) is 23.7 Å². The third-order valence-electron chi connectivity index (χ3n) is 11.3. The molecule has 1 unspecified atom stereocenters. The minimum atomic E-state index is -3.43. The second kappa shape index (κ2) is 33.5. The standard InChI is InChI=1S/C18H15Cl2P.C18H15OP.C9H15NO5.C9H13NO4.C6H15N/c19-21(20,16-10-4-1-5-11-16,17-12-6-2-7-13-17)18-14-8-3-9-15-18;19-20(16-10-4-1-5-11-16,17-12-6-2-7-13-17)18-14-8-3-9-15-18;1-4-14-8(12)6(3)10-7(11)9(13)15-5-2;1-4-12-8(11)7-10-6(3)9(14-7)13-5-2;1-4-7(5-2)6-3/h1-15H;1-15H;6H,4-5H2,1-3H3,(H,10,11);4-5H2,1-3H3;4-6H2,1-3H3. The molecule has 0 aliphatic carbocycles. The van der Waals surface area contributed by atoms with Crippen molar-refractivity contribution in [1.29, 1.82) is 0 Å². The average Bonchev–Trinajstić information content (AvgIpc) is 3.87. The van der Waals surface area contributed by atoms with Crippen molar-refractivity contribution in [3.8, 4) is 5.95 Å². The number of aryl methyl sites for hydroxylation is 1. The van der Waals surface area contributed by atoms with E-state index in [1.165, 1.54) is 26.6 Å². The molecule has 0 radical (unpaired) electrons. The van der Waals surface area contributed by atoms with Gasteiger partial charge in [0.1, 0.15) is 11.7 Å². The Bertz CT molecular complexity index is 2650. The predicted molar refractivity (Wildman–Crippen MR) is 315 cm³/mol. The van der Waals surface area contributed by atoms with E-state index in [0.717, 1.165) is 31.8 Å². The van der Waals surface area contributed by atoms with Crippen molar-refractivity contribution < 1.29 is 47.1 Å². The molecule has 1 aromatic heterocycles. The maximum absolute atomic E-state index is 13.8. The number of esters is 3. The summed E-state index contributed by atoms with van der Waals surface area (Å²) in [4.78, 5) is 50.4. The monoisotopic (exact) mass is 1130 g/mol. The van der Waals surface area contributed by atoms with Gasteiger partial charge in [-0.05, 0) is 61.2 Å². The summed E-state index contributed by atoms with van der Waals surface area (Å²) in [6, 6.07) is 58.2. The first-order valence-electron chi connectivity index (χ1n) is 25.5. The molecule has 0 saturated heterocycles. The molecule has 7 rings (SSSR count). The van der Waals surface area contributed by atoms with Crippen molar-refractivity contribution in [2.24, 2.45) is 0 Å². The predicted octanol–water partition coefficient (Wildman–Crippen LogP) is 10.7. The summed E-state index contributed by atoms with van der Waals surface area (Å²) in [5.41, 5.74) is 0.551. The average molecular weight is 1130 g/mol. The van der Waals surface area contributed by atoms with E-state index < -0.39 is 42.3 Å². The number of carbonyl (C=O) groups is 4. The van der Waals surface area contributed by atoms with Gasteiger partial charge in [-0.25, -0.2) is 19.4 Å². The molecule has 0 spiro atoms. The number of ether oxygens (including phenoxy) is 4. The van der Waals surface area contributed by atoms with Gasteiger partial charge in [0.25, 0.3) is 0 Å². The van der Waals surface area contributed by atoms with E-state index in [1.807, 2.05) is 189 Å². The van der Waals surface area contributed by atoms with Gasteiger partial charge in [0.2, 0.25) is 0 Å². The number of aromatic nitrogens is 1. The molecule has 1 atom stereocenters. The first-order valence-corrected chi connectivity index (χ1v) is 31.3. The van der Waals surface area contributed by atoms with Crippen LogP contribution in [0.5, 0.6) is 5.95 Å². The first-order chi connectivity index (χ1) is 37.0. The largest absolute Gasteiger partial charge is 0.309 e. The minimum Gasteiger partial charge on any atom is -0.309 e. The zero-order valence-electron chi connectivity index (χ0n) is 45.5. The van der Waals surface area contributed by atoms with Crippen LogP contribution in [0.15, 0.2) is 186 Å². The fourth-order valence-corrected chi connectivity index (χ4v) is 14.9. The molecule has 0 aliphatic heterocycles. The number of hydrogen-bond donors (Lipinski definition) is 1. The van der Waals surface area contributed by atoms with E-state index in [-0.39, 0.29) is 25.1 Å². The Hall–Kier alpha value is -6.59. The Balaban J connectivity index is 0.000000263. The third kappa shape index (κ3) is 18.8. The summed E-state index contributed by atoms with van der Waals surface area (Å²) in [7, 11) is -2.78. The molecule has 0 fully saturated rings. The number of carbonyl (C=O) groups excluding carboxylic acids is 4. The van der Waals surface area contributed by atoms with Crippen LogP contribution in [-0.2, 0) is 33.2 Å². The summed E-state index contributed by atoms with van der Waals surface area (Å²) in [6.45, 7) is 21.1. The van der Waals surface area contributed by atoms with E-state index in [0.29, 0.717) is 18.9 Å². The van der Waals surface area contributed by atoms with Crippen LogP contribution in [0.4, 0.5) is 0 Å². The Morgan fingerprint density at radius 1 is 0.558 bits per heavy atom. The van der Waals surface area contributed by atoms with Crippen LogP contribution >= 0.6 is 34.9 Å². The van der Waals surface area contributed by atoms with Gasteiger partial charge in [0.15, 0.2) is 7.14 Å². The summed E-state index contributed by atoms with van der Waals surface area (Å²) in [5, 5.41) is 4.24. The molecule has 17 heteroatoms. The Morgan fingerprint density at radius 2 is 0.909 bits per heavy atom. The zero-order chi connectivity index (χ0) is 56.7. The molecule has 412 valence electrons. The quantitative estimate of drug-likeness (QED) is 0.0398. The van der Waals surface area contributed by atoms with Crippen molar-refractivity contribution in [2.45, 2.75) is 68.4 Å². The minimum absolute atomic E-state index is 0.0622. The summed E-state index contributed by atoms with van der Waals surface area (Å²) in [6.07, 6.45) is 0. The van der Waals surface area contributed by atoms with E-state index in [4.69, 9.17) is 36.4 Å². The number of nitrogens with one attached hydrogen (secondary N) is 1. The van der Waals surface area contributed by atoms with Crippen LogP contribution in [0.2, 0.25) is 0 Å². The molecular weight excluding hydrogens is 1060 g/mol. The van der Waals surface area contributed by atoms with Crippen LogP contribution < -0.4 is 41.9 Å². The van der Waals surface area contributed by atoms with Gasteiger partial charge in [-0.15, -0.1) is 0 Å². The molecule has 1 amide bonds. The van der Waals surface area contributed by atoms with Gasteiger partial charge in [-0.1, -0.05) is 112 Å². The maximum Gasteiger partial charge on any atom is 0.171 e. The fraction of sp³-hybridized carbons (Fsp3) is 0.283. The molecular formula is C60H73Cl2N3O10P2. The van der Waals surface area contributed by atoms with Crippen molar-refractivity contribution in [3.05, 3.63) is 194 Å². The van der Waals surface area contributed by atoms with Gasteiger partial charge in [-0.2, -0.15) is 0 Å². The fourth-order valence-electron chi connectivity index (χ4n) is 7.25. The molecule has 77 heavy (non-hydrogen) atoms. The van der Waals surface area contributed by atoms with Crippen LogP contribution in [-0.4, -0.2) is 85.8 Å². The molecule has 6 aromatic carbocycles. The molecule has 0 aliphatic rings. The molecule has 13 nitrogen and oxygen atoms in total. The summed E-state index contributed by atoms with van der Waals surface area (Å²) < 4.78 is 37.8. The zero-order valence-corrected chi connectivity index (χ0v) is 48.8. The molecule has 1 N–H and O–H groups in total. The van der Waals surface area contributed by atoms with Gasteiger partial charge in [-0.3, -0.25) is 4.79 Å². The summed E-state index contributed by atoms with van der Waals surface area (Å²) >= 11 is 14.5. The number of nitrogens with zero attached hydrogens (tertiary/aromatic N) is 2. The summed E-state index contributed by atoms with van der Waals surface area (Å²) in [5.74, 6) is -2.90. The molecule has 0 bridgehead atoms. The van der Waals surface area contributed by atoms with Gasteiger partial charge >= 0.3 is 170 Å². The van der Waals surface area contributed by atoms with E-state index in [2.05, 4.69) is 45.4 Å². The Morgan fingerprint density at radius 3 is 1.22 bits per heavy atom. The second-order valence-corrected chi connectivity index (χ2v) is 27.1. The SMILES string of the molecule is CCN(CC)CC.CCOC(=O)C(=O)NC(C)C(=O)OCC.CCOC(=O)c1nc(C)c(OCC)o1.ClP(Cl)(c1ccccc1)(c1ccccc1)c1ccccc1.O=P(c1ccccc1)(c1ccccc1)c1ccccc1. The van der Waals surface area contributed by atoms with E-state index >= 15 is 0 Å². The van der Waals surface area contributed by atoms with Crippen LogP contribution in [0.3, 0.4) is 0 Å². The number of oxazole rings is 1. The van der Waals surface area contributed by atoms with Crippen LogP contribution in [0, 0.1) is 6.92 Å². The van der Waals surface area contributed by atoms with Crippen molar-refractivity contribution >= 4 is 90.6 Å². The maximum atomic E-state index is 13.8. The first kappa shape index (κ1) is 64.7. The third-order valence-corrected chi connectivity index (χ3v) is 21.5. The van der Waals surface area contributed by atoms with Crippen molar-refractivity contribution in [3.63, 3.8) is 0 Å². The van der Waals surface area contributed by atoms with Gasteiger partial charge in [0.05, 0.1) is 26.4 Å². The number of rotatable bonds is 17. The van der Waals surface area contributed by atoms with Gasteiger partial charge < -0.3 is 38.1 Å². The van der Waals surface area contributed by atoms with Crippen molar-refractivity contribution in [2.75, 3.05) is 46.1 Å². The number of amides is 1. The number of halogens is 2. The van der Waals surface area contributed by atoms with Crippen LogP contribution in [0.25, 0.3) is 0 Å². The second-order valence-electron chi connectivity index (χ2n) is 16.4. The molecule has 7 aromatic rings. The molecule has 1 heterocycles. The van der Waals surface area contributed by atoms with Crippen molar-refractivity contribution in [1.82, 2.24) is 15.2 Å². The van der Waals surface area contributed by atoms with E-state index in [1.54, 1.807) is 27.7 Å².